The van der Waals surface area contributed by atoms with Gasteiger partial charge in [0.05, 0.1) is 0 Å². The van der Waals surface area contributed by atoms with E-state index in [2.05, 4.69) is 10.2 Å². The largest absolute Gasteiger partial charge is 0.316 e. The van der Waals surface area contributed by atoms with Crippen molar-refractivity contribution in [2.45, 2.75) is 32.4 Å². The molecule has 1 saturated heterocycles. The van der Waals surface area contributed by atoms with E-state index in [-0.39, 0.29) is 5.82 Å². The first-order valence-corrected chi connectivity index (χ1v) is 6.44. The van der Waals surface area contributed by atoms with E-state index in [9.17, 15) is 4.39 Å². The Hall–Kier alpha value is -0.930. The molecule has 1 aromatic carbocycles. The van der Waals surface area contributed by atoms with Gasteiger partial charge in [-0.25, -0.2) is 4.39 Å². The number of hydrogen-bond acceptors (Lipinski definition) is 2. The van der Waals surface area contributed by atoms with Crippen LogP contribution in [0.15, 0.2) is 18.2 Å². The molecule has 3 heteroatoms. The lowest BCUT2D eigenvalue weighted by molar-refractivity contribution is 0.218. The van der Waals surface area contributed by atoms with E-state index in [1.54, 1.807) is 6.07 Å². The highest BCUT2D eigenvalue weighted by Gasteiger charge is 2.12. The zero-order valence-corrected chi connectivity index (χ0v) is 10.5. The van der Waals surface area contributed by atoms with Gasteiger partial charge in [0.1, 0.15) is 5.82 Å². The Labute approximate surface area is 103 Å². The molecule has 2 nitrogen and oxygen atoms in total. The van der Waals surface area contributed by atoms with E-state index >= 15 is 0 Å². The maximum absolute atomic E-state index is 13.7. The molecule has 0 spiro atoms. The van der Waals surface area contributed by atoms with Gasteiger partial charge < -0.3 is 5.32 Å². The van der Waals surface area contributed by atoms with Gasteiger partial charge in [-0.05, 0) is 44.6 Å². The summed E-state index contributed by atoms with van der Waals surface area (Å²) in [5.41, 5.74) is 1.99. The maximum Gasteiger partial charge on any atom is 0.127 e. The van der Waals surface area contributed by atoms with Crippen molar-refractivity contribution in [1.82, 2.24) is 10.2 Å². The van der Waals surface area contributed by atoms with Crippen LogP contribution in [-0.2, 0) is 13.1 Å². The Balaban J connectivity index is 2.04. The third-order valence-electron chi connectivity index (χ3n) is 3.33. The van der Waals surface area contributed by atoms with Crippen molar-refractivity contribution >= 4 is 0 Å². The lowest BCUT2D eigenvalue weighted by atomic mass is 10.1. The molecule has 0 aliphatic carbocycles. The first kappa shape index (κ1) is 12.5. The van der Waals surface area contributed by atoms with Crippen LogP contribution in [0.2, 0.25) is 0 Å². The van der Waals surface area contributed by atoms with Crippen LogP contribution >= 0.6 is 0 Å². The highest BCUT2D eigenvalue weighted by molar-refractivity contribution is 5.25. The molecule has 1 fully saturated rings. The normalized spacial score (nSPS) is 17.3. The zero-order valence-electron chi connectivity index (χ0n) is 10.5. The number of halogens is 1. The van der Waals surface area contributed by atoms with E-state index in [0.717, 1.165) is 37.3 Å². The Bertz CT molecular complexity index is 359. The number of benzene rings is 1. The molecule has 1 N–H and O–H groups in total. The lowest BCUT2D eigenvalue weighted by Crippen LogP contribution is -2.29. The molecule has 1 aliphatic rings. The SMILES string of the molecule is CNCc1ccc(F)c(CN2CCCCC2)c1. The smallest absolute Gasteiger partial charge is 0.127 e. The summed E-state index contributed by atoms with van der Waals surface area (Å²) in [6, 6.07) is 5.43. The van der Waals surface area contributed by atoms with Crippen molar-refractivity contribution in [3.8, 4) is 0 Å². The zero-order chi connectivity index (χ0) is 12.1. The minimum atomic E-state index is -0.0737. The van der Waals surface area contributed by atoms with Crippen molar-refractivity contribution in [1.29, 1.82) is 0 Å². The third kappa shape index (κ3) is 3.51. The minimum absolute atomic E-state index is 0.0737. The molecule has 0 radical (unpaired) electrons. The lowest BCUT2D eigenvalue weighted by Gasteiger charge is -2.26. The first-order valence-electron chi connectivity index (χ1n) is 6.44. The fourth-order valence-corrected chi connectivity index (χ4v) is 2.42. The minimum Gasteiger partial charge on any atom is -0.316 e. The van der Waals surface area contributed by atoms with Gasteiger partial charge in [0.15, 0.2) is 0 Å². The van der Waals surface area contributed by atoms with Gasteiger partial charge >= 0.3 is 0 Å². The van der Waals surface area contributed by atoms with E-state index in [1.165, 1.54) is 19.3 Å². The third-order valence-corrected chi connectivity index (χ3v) is 3.33. The molecule has 94 valence electrons. The number of nitrogens with one attached hydrogen (secondary N) is 1. The molecule has 0 aromatic heterocycles. The summed E-state index contributed by atoms with van der Waals surface area (Å²) in [5.74, 6) is -0.0737. The Morgan fingerprint density at radius 2 is 2.00 bits per heavy atom. The molecular formula is C14H21FN2. The topological polar surface area (TPSA) is 15.3 Å². The van der Waals surface area contributed by atoms with Crippen molar-refractivity contribution < 1.29 is 4.39 Å². The Morgan fingerprint density at radius 3 is 2.71 bits per heavy atom. The van der Waals surface area contributed by atoms with Crippen LogP contribution < -0.4 is 5.32 Å². The highest BCUT2D eigenvalue weighted by Crippen LogP contribution is 2.16. The second-order valence-corrected chi connectivity index (χ2v) is 4.79. The second kappa shape index (κ2) is 6.12. The van der Waals surface area contributed by atoms with Crippen LogP contribution in [0.1, 0.15) is 30.4 Å². The van der Waals surface area contributed by atoms with Crippen LogP contribution in [0.25, 0.3) is 0 Å². The molecule has 0 amide bonds. The van der Waals surface area contributed by atoms with Gasteiger partial charge in [0.2, 0.25) is 0 Å². The standard InChI is InChI=1S/C14H21FN2/c1-16-10-12-5-6-14(15)13(9-12)11-17-7-3-2-4-8-17/h5-6,9,16H,2-4,7-8,10-11H2,1H3. The summed E-state index contributed by atoms with van der Waals surface area (Å²) < 4.78 is 13.7. The van der Waals surface area contributed by atoms with E-state index < -0.39 is 0 Å². The summed E-state index contributed by atoms with van der Waals surface area (Å²) in [7, 11) is 1.91. The van der Waals surface area contributed by atoms with Crippen molar-refractivity contribution in [2.24, 2.45) is 0 Å². The first-order chi connectivity index (χ1) is 8.29. The van der Waals surface area contributed by atoms with Crippen molar-refractivity contribution in [2.75, 3.05) is 20.1 Å². The van der Waals surface area contributed by atoms with Gasteiger partial charge in [-0.3, -0.25) is 4.90 Å². The molecule has 1 heterocycles. The van der Waals surface area contributed by atoms with Gasteiger partial charge in [0, 0.05) is 18.7 Å². The average molecular weight is 236 g/mol. The number of hydrogen-bond donors (Lipinski definition) is 1. The van der Waals surface area contributed by atoms with Gasteiger partial charge in [0.25, 0.3) is 0 Å². The molecule has 0 atom stereocenters. The number of nitrogens with zero attached hydrogens (tertiary/aromatic N) is 1. The summed E-state index contributed by atoms with van der Waals surface area (Å²) in [4.78, 5) is 2.35. The van der Waals surface area contributed by atoms with Gasteiger partial charge in [-0.2, -0.15) is 0 Å². The quantitative estimate of drug-likeness (QED) is 0.864. The number of piperidine rings is 1. The molecule has 1 aromatic rings. The summed E-state index contributed by atoms with van der Waals surface area (Å²) in [6.07, 6.45) is 3.81. The monoisotopic (exact) mass is 236 g/mol. The average Bonchev–Trinajstić information content (AvgIpc) is 2.35. The predicted molar refractivity (Wildman–Crippen MR) is 68.3 cm³/mol. The van der Waals surface area contributed by atoms with Crippen molar-refractivity contribution in [3.05, 3.63) is 35.1 Å². The van der Waals surface area contributed by atoms with Crippen LogP contribution in [0, 0.1) is 5.82 Å². The Morgan fingerprint density at radius 1 is 1.24 bits per heavy atom. The molecule has 2 rings (SSSR count). The second-order valence-electron chi connectivity index (χ2n) is 4.79. The predicted octanol–water partition coefficient (Wildman–Crippen LogP) is 2.53. The summed E-state index contributed by atoms with van der Waals surface area (Å²) >= 11 is 0. The molecule has 1 aliphatic heterocycles. The molecule has 0 unspecified atom stereocenters. The Kier molecular flexibility index (Phi) is 4.51. The van der Waals surface area contributed by atoms with Gasteiger partial charge in [-0.1, -0.05) is 18.6 Å². The molecule has 17 heavy (non-hydrogen) atoms. The van der Waals surface area contributed by atoms with Crippen LogP contribution in [0.4, 0.5) is 4.39 Å². The van der Waals surface area contributed by atoms with Crippen LogP contribution in [-0.4, -0.2) is 25.0 Å². The van der Waals surface area contributed by atoms with Crippen LogP contribution in [0.3, 0.4) is 0 Å². The van der Waals surface area contributed by atoms with E-state index in [1.807, 2.05) is 19.2 Å². The van der Waals surface area contributed by atoms with E-state index in [4.69, 9.17) is 0 Å². The van der Waals surface area contributed by atoms with Gasteiger partial charge in [-0.15, -0.1) is 0 Å². The number of rotatable bonds is 4. The molecule has 0 bridgehead atoms. The van der Waals surface area contributed by atoms with Crippen LogP contribution in [0.5, 0.6) is 0 Å². The summed E-state index contributed by atoms with van der Waals surface area (Å²) in [5, 5.41) is 3.10. The van der Waals surface area contributed by atoms with Crippen molar-refractivity contribution in [3.63, 3.8) is 0 Å². The van der Waals surface area contributed by atoms with E-state index in [0.29, 0.717) is 0 Å². The highest BCUT2D eigenvalue weighted by atomic mass is 19.1. The maximum atomic E-state index is 13.7. The summed E-state index contributed by atoms with van der Waals surface area (Å²) in [6.45, 7) is 3.77. The number of likely N-dealkylation sites (tertiary alicyclic amines) is 1. The molecule has 0 saturated carbocycles. The molecular weight excluding hydrogens is 215 g/mol. The fraction of sp³-hybridized carbons (Fsp3) is 0.571. The fourth-order valence-electron chi connectivity index (χ4n) is 2.42.